The highest BCUT2D eigenvalue weighted by Gasteiger charge is 2.26. The molecule has 2 heterocycles. The number of nitrogens with zero attached hydrogens (tertiary/aromatic N) is 5. The molecule has 1 saturated heterocycles. The fourth-order valence-corrected chi connectivity index (χ4v) is 2.22. The Morgan fingerprint density at radius 3 is 3.06 bits per heavy atom. The van der Waals surface area contributed by atoms with Crippen LogP contribution < -0.4 is 0 Å². The van der Waals surface area contributed by atoms with Gasteiger partial charge >= 0.3 is 0 Å². The molecule has 6 nitrogen and oxygen atoms in total. The normalized spacial score (nSPS) is 22.6. The summed E-state index contributed by atoms with van der Waals surface area (Å²) in [7, 11) is 4.21. The van der Waals surface area contributed by atoms with E-state index in [2.05, 4.69) is 40.1 Å². The molecule has 1 aromatic rings. The molecule has 1 aromatic heterocycles. The minimum Gasteiger partial charge on any atom is -0.339 e. The van der Waals surface area contributed by atoms with E-state index in [1.54, 1.807) is 0 Å². The molecule has 18 heavy (non-hydrogen) atoms. The first-order valence-corrected chi connectivity index (χ1v) is 6.29. The number of aryl methyl sites for hydroxylation is 1. The third-order valence-corrected chi connectivity index (χ3v) is 3.30. The average molecular weight is 249 g/mol. The van der Waals surface area contributed by atoms with Crippen molar-refractivity contribution < 1.29 is 4.52 Å². The zero-order valence-electron chi connectivity index (χ0n) is 11.0. The van der Waals surface area contributed by atoms with Crippen molar-refractivity contribution in [3.05, 3.63) is 11.7 Å². The molecule has 1 fully saturated rings. The topological polar surface area (TPSA) is 69.2 Å². The van der Waals surface area contributed by atoms with Gasteiger partial charge in [-0.05, 0) is 33.6 Å². The summed E-state index contributed by atoms with van der Waals surface area (Å²) < 4.78 is 5.19. The van der Waals surface area contributed by atoms with Crippen LogP contribution in [-0.4, -0.2) is 53.7 Å². The summed E-state index contributed by atoms with van der Waals surface area (Å²) in [5, 5.41) is 12.6. The largest absolute Gasteiger partial charge is 0.339 e. The average Bonchev–Trinajstić information content (AvgIpc) is 2.75. The summed E-state index contributed by atoms with van der Waals surface area (Å²) in [6, 6.07) is 2.26. The molecule has 2 rings (SSSR count). The van der Waals surface area contributed by atoms with Gasteiger partial charge in [0.2, 0.25) is 5.89 Å². The number of aromatic nitrogens is 2. The van der Waals surface area contributed by atoms with E-state index in [1.165, 1.54) is 0 Å². The molecule has 0 aliphatic carbocycles. The van der Waals surface area contributed by atoms with Crippen LogP contribution in [0.2, 0.25) is 0 Å². The van der Waals surface area contributed by atoms with Gasteiger partial charge in [0.1, 0.15) is 0 Å². The van der Waals surface area contributed by atoms with Crippen molar-refractivity contribution in [3.63, 3.8) is 0 Å². The molecule has 1 unspecified atom stereocenters. The smallest absolute Gasteiger partial charge is 0.227 e. The fraction of sp³-hybridized carbons (Fsp3) is 0.750. The van der Waals surface area contributed by atoms with E-state index < -0.39 is 0 Å². The molecule has 0 spiro atoms. The fourth-order valence-electron chi connectivity index (χ4n) is 2.22. The van der Waals surface area contributed by atoms with Gasteiger partial charge < -0.3 is 9.42 Å². The summed E-state index contributed by atoms with van der Waals surface area (Å²) in [5.74, 6) is 1.30. The van der Waals surface area contributed by atoms with Crippen LogP contribution in [0, 0.1) is 11.3 Å². The van der Waals surface area contributed by atoms with Gasteiger partial charge in [0.05, 0.1) is 12.1 Å². The molecule has 0 radical (unpaired) electrons. The third-order valence-electron chi connectivity index (χ3n) is 3.30. The molecule has 0 amide bonds. The number of hydrogen-bond donors (Lipinski definition) is 0. The predicted octanol–water partition coefficient (Wildman–Crippen LogP) is 0.834. The van der Waals surface area contributed by atoms with E-state index in [9.17, 15) is 0 Å². The molecule has 1 atom stereocenters. The van der Waals surface area contributed by atoms with E-state index in [-0.39, 0.29) is 6.04 Å². The second kappa shape index (κ2) is 5.94. The van der Waals surface area contributed by atoms with Gasteiger partial charge in [0.15, 0.2) is 5.82 Å². The lowest BCUT2D eigenvalue weighted by molar-refractivity contribution is 0.214. The zero-order chi connectivity index (χ0) is 13.0. The van der Waals surface area contributed by atoms with E-state index in [4.69, 9.17) is 9.78 Å². The van der Waals surface area contributed by atoms with Crippen molar-refractivity contribution in [1.82, 2.24) is 19.9 Å². The minimum absolute atomic E-state index is 0.178. The van der Waals surface area contributed by atoms with Gasteiger partial charge in [-0.1, -0.05) is 5.16 Å². The van der Waals surface area contributed by atoms with Crippen molar-refractivity contribution >= 4 is 0 Å². The van der Waals surface area contributed by atoms with Crippen LogP contribution >= 0.6 is 0 Å². The lowest BCUT2D eigenvalue weighted by Gasteiger charge is -2.24. The summed E-state index contributed by atoms with van der Waals surface area (Å²) in [5.41, 5.74) is 0. The Hall–Kier alpha value is -1.45. The molecule has 6 heteroatoms. The van der Waals surface area contributed by atoms with Crippen molar-refractivity contribution in [2.24, 2.45) is 0 Å². The molecular formula is C12H19N5O. The van der Waals surface area contributed by atoms with E-state index in [0.717, 1.165) is 31.9 Å². The lowest BCUT2D eigenvalue weighted by Crippen LogP contribution is -2.31. The highest BCUT2D eigenvalue weighted by atomic mass is 16.5. The van der Waals surface area contributed by atoms with Gasteiger partial charge in [0, 0.05) is 19.4 Å². The van der Waals surface area contributed by atoms with Gasteiger partial charge in [-0.15, -0.1) is 0 Å². The highest BCUT2D eigenvalue weighted by Crippen LogP contribution is 2.20. The van der Waals surface area contributed by atoms with Gasteiger partial charge in [-0.2, -0.15) is 10.2 Å². The van der Waals surface area contributed by atoms with Gasteiger partial charge in [-0.25, -0.2) is 0 Å². The molecule has 1 aliphatic heterocycles. The number of likely N-dealkylation sites (N-methyl/N-ethyl adjacent to an activating group) is 2. The Morgan fingerprint density at radius 1 is 1.44 bits per heavy atom. The SMILES string of the molecule is CN1CCCN(C)C(c2noc(CCC#N)n2)C1. The molecule has 0 saturated carbocycles. The molecule has 0 aromatic carbocycles. The van der Waals surface area contributed by atoms with Gasteiger partial charge in [-0.3, -0.25) is 4.90 Å². The van der Waals surface area contributed by atoms with E-state index in [0.29, 0.717) is 18.7 Å². The first-order valence-electron chi connectivity index (χ1n) is 6.29. The molecule has 1 aliphatic rings. The summed E-state index contributed by atoms with van der Waals surface area (Å²) >= 11 is 0. The Bertz CT molecular complexity index is 424. The van der Waals surface area contributed by atoms with Crippen molar-refractivity contribution in [2.45, 2.75) is 25.3 Å². The van der Waals surface area contributed by atoms with Crippen LogP contribution in [0.4, 0.5) is 0 Å². The maximum absolute atomic E-state index is 8.54. The zero-order valence-corrected chi connectivity index (χ0v) is 11.0. The first kappa shape index (κ1) is 13.0. The van der Waals surface area contributed by atoms with E-state index in [1.807, 2.05) is 0 Å². The number of hydrogen-bond acceptors (Lipinski definition) is 6. The van der Waals surface area contributed by atoms with Gasteiger partial charge in [0.25, 0.3) is 0 Å². The molecule has 0 N–H and O–H groups in total. The molecule has 98 valence electrons. The monoisotopic (exact) mass is 249 g/mol. The molecular weight excluding hydrogens is 230 g/mol. The standard InChI is InChI=1S/C12H19N5O/c1-16-7-4-8-17(2)10(9-16)12-14-11(18-15-12)5-3-6-13/h10H,3-5,7-9H2,1-2H3. The highest BCUT2D eigenvalue weighted by molar-refractivity contribution is 4.98. The minimum atomic E-state index is 0.178. The van der Waals surface area contributed by atoms with Crippen LogP contribution in [0.15, 0.2) is 4.52 Å². The van der Waals surface area contributed by atoms with Crippen molar-refractivity contribution in [3.8, 4) is 6.07 Å². The van der Waals surface area contributed by atoms with Crippen LogP contribution in [0.5, 0.6) is 0 Å². The van der Waals surface area contributed by atoms with Crippen LogP contribution in [0.1, 0.15) is 30.6 Å². The van der Waals surface area contributed by atoms with Crippen LogP contribution in [-0.2, 0) is 6.42 Å². The predicted molar refractivity (Wildman–Crippen MR) is 65.7 cm³/mol. The summed E-state index contributed by atoms with van der Waals surface area (Å²) in [6.07, 6.45) is 2.11. The van der Waals surface area contributed by atoms with E-state index >= 15 is 0 Å². The first-order chi connectivity index (χ1) is 8.70. The van der Waals surface area contributed by atoms with Crippen LogP contribution in [0.3, 0.4) is 0 Å². The molecule has 0 bridgehead atoms. The third kappa shape index (κ3) is 3.06. The quantitative estimate of drug-likeness (QED) is 0.790. The van der Waals surface area contributed by atoms with Crippen LogP contribution in [0.25, 0.3) is 0 Å². The maximum Gasteiger partial charge on any atom is 0.227 e. The maximum atomic E-state index is 8.54. The van der Waals surface area contributed by atoms with Crippen molar-refractivity contribution in [1.29, 1.82) is 5.26 Å². The Morgan fingerprint density at radius 2 is 2.28 bits per heavy atom. The Labute approximate surface area is 107 Å². The lowest BCUT2D eigenvalue weighted by atomic mass is 10.2. The second-order valence-electron chi connectivity index (χ2n) is 4.82. The van der Waals surface area contributed by atoms with Crippen molar-refractivity contribution in [2.75, 3.05) is 33.7 Å². The Kier molecular flexibility index (Phi) is 4.28. The second-order valence-corrected chi connectivity index (χ2v) is 4.82. The Balaban J connectivity index is 2.08. The summed E-state index contributed by atoms with van der Waals surface area (Å²) in [6.45, 7) is 3.05. The summed E-state index contributed by atoms with van der Waals surface area (Å²) in [4.78, 5) is 8.96. The number of rotatable bonds is 3. The number of nitriles is 1.